The number of pyridine rings is 1. The molecule has 0 aliphatic rings. The molecule has 0 aliphatic carbocycles. The first-order valence-corrected chi connectivity index (χ1v) is 6.67. The van der Waals surface area contributed by atoms with Crippen LogP contribution >= 0.6 is 23.4 Å². The molecule has 0 spiro atoms. The van der Waals surface area contributed by atoms with E-state index >= 15 is 0 Å². The van der Waals surface area contributed by atoms with E-state index in [9.17, 15) is 4.79 Å². The molecule has 0 fully saturated rings. The maximum atomic E-state index is 11.9. The van der Waals surface area contributed by atoms with Crippen LogP contribution in [0.15, 0.2) is 23.4 Å². The largest absolute Gasteiger partial charge is 0.461 e. The van der Waals surface area contributed by atoms with Crippen LogP contribution in [0.2, 0.25) is 5.02 Å². The maximum Gasteiger partial charge on any atom is 0.358 e. The molecular weight excluding hydrogens is 260 g/mol. The van der Waals surface area contributed by atoms with Gasteiger partial charge in [-0.05, 0) is 25.3 Å². The molecule has 0 radical (unpaired) electrons. The number of imidazole rings is 1. The highest BCUT2D eigenvalue weighted by molar-refractivity contribution is 7.98. The van der Waals surface area contributed by atoms with Gasteiger partial charge in [0.2, 0.25) is 0 Å². The van der Waals surface area contributed by atoms with Crippen molar-refractivity contribution in [3.63, 3.8) is 0 Å². The van der Waals surface area contributed by atoms with Gasteiger partial charge in [0.15, 0.2) is 11.3 Å². The Kier molecular flexibility index (Phi) is 3.59. The Morgan fingerprint density at radius 3 is 3.06 bits per heavy atom. The first kappa shape index (κ1) is 12.3. The monoisotopic (exact) mass is 270 g/mol. The molecule has 4 nitrogen and oxygen atoms in total. The molecule has 0 aliphatic heterocycles. The van der Waals surface area contributed by atoms with Crippen molar-refractivity contribution in [3.05, 3.63) is 29.0 Å². The van der Waals surface area contributed by atoms with E-state index in [2.05, 4.69) is 4.98 Å². The Balaban J connectivity index is 2.67. The van der Waals surface area contributed by atoms with E-state index in [1.165, 1.54) is 11.8 Å². The van der Waals surface area contributed by atoms with E-state index < -0.39 is 0 Å². The molecule has 6 heteroatoms. The first-order valence-electron chi connectivity index (χ1n) is 5.06. The second-order valence-corrected chi connectivity index (χ2v) is 4.44. The van der Waals surface area contributed by atoms with Gasteiger partial charge in [0.1, 0.15) is 5.03 Å². The number of thioether (sulfide) groups is 1. The minimum absolute atomic E-state index is 0.334. The van der Waals surface area contributed by atoms with Crippen LogP contribution in [0.4, 0.5) is 0 Å². The molecule has 0 unspecified atom stereocenters. The van der Waals surface area contributed by atoms with Gasteiger partial charge in [0, 0.05) is 6.20 Å². The maximum absolute atomic E-state index is 11.9. The lowest BCUT2D eigenvalue weighted by Gasteiger charge is -2.03. The molecule has 90 valence electrons. The number of carbonyl (C=O) groups excluding carboxylic acids is 1. The number of hydrogen-bond acceptors (Lipinski definition) is 4. The Hall–Kier alpha value is -1.20. The summed E-state index contributed by atoms with van der Waals surface area (Å²) in [6, 6.07) is 3.51. The van der Waals surface area contributed by atoms with Gasteiger partial charge in [-0.2, -0.15) is 0 Å². The lowest BCUT2D eigenvalue weighted by atomic mass is 10.4. The van der Waals surface area contributed by atoms with Gasteiger partial charge < -0.3 is 4.74 Å². The molecular formula is C11H11ClN2O2S. The van der Waals surface area contributed by atoms with E-state index in [1.807, 2.05) is 6.26 Å². The topological polar surface area (TPSA) is 43.6 Å². The van der Waals surface area contributed by atoms with Crippen LogP contribution in [-0.4, -0.2) is 28.2 Å². The summed E-state index contributed by atoms with van der Waals surface area (Å²) in [6.07, 6.45) is 3.61. The van der Waals surface area contributed by atoms with E-state index in [-0.39, 0.29) is 5.97 Å². The third kappa shape index (κ3) is 2.12. The van der Waals surface area contributed by atoms with E-state index in [0.717, 1.165) is 0 Å². The normalized spacial score (nSPS) is 10.8. The number of nitrogens with zero attached hydrogens (tertiary/aromatic N) is 2. The number of fused-ring (bicyclic) bond motifs is 1. The Morgan fingerprint density at radius 1 is 1.65 bits per heavy atom. The predicted octanol–water partition coefficient (Wildman–Crippen LogP) is 2.89. The number of rotatable bonds is 3. The zero-order valence-electron chi connectivity index (χ0n) is 9.44. The molecule has 0 saturated carbocycles. The number of aromatic nitrogens is 2. The standard InChI is InChI=1S/C11H11ClN2O2S/c1-3-16-11(15)8-10(17-2)13-9-7(12)5-4-6-14(8)9/h4-6H,3H2,1-2H3. The molecule has 0 saturated heterocycles. The molecule has 2 rings (SSSR count). The highest BCUT2D eigenvalue weighted by atomic mass is 35.5. The quantitative estimate of drug-likeness (QED) is 0.635. The second-order valence-electron chi connectivity index (χ2n) is 3.24. The van der Waals surface area contributed by atoms with Crippen LogP contribution in [-0.2, 0) is 4.74 Å². The highest BCUT2D eigenvalue weighted by Crippen LogP contribution is 2.25. The van der Waals surface area contributed by atoms with Crippen molar-refractivity contribution in [3.8, 4) is 0 Å². The van der Waals surface area contributed by atoms with E-state index in [0.29, 0.717) is 28.0 Å². The van der Waals surface area contributed by atoms with Gasteiger partial charge in [-0.3, -0.25) is 4.40 Å². The number of esters is 1. The van der Waals surface area contributed by atoms with Crippen LogP contribution in [0.1, 0.15) is 17.4 Å². The van der Waals surface area contributed by atoms with Crippen LogP contribution in [0, 0.1) is 0 Å². The summed E-state index contributed by atoms with van der Waals surface area (Å²) in [4.78, 5) is 16.2. The minimum atomic E-state index is -0.383. The Morgan fingerprint density at radius 2 is 2.41 bits per heavy atom. The Labute approximate surface area is 108 Å². The second kappa shape index (κ2) is 4.98. The molecule has 0 atom stereocenters. The van der Waals surface area contributed by atoms with Crippen LogP contribution in [0.3, 0.4) is 0 Å². The van der Waals surface area contributed by atoms with Gasteiger partial charge in [0.05, 0.1) is 11.6 Å². The molecule has 0 amide bonds. The van der Waals surface area contributed by atoms with Crippen molar-refractivity contribution < 1.29 is 9.53 Å². The summed E-state index contributed by atoms with van der Waals surface area (Å²) in [6.45, 7) is 2.10. The summed E-state index contributed by atoms with van der Waals surface area (Å²) in [7, 11) is 0. The molecule has 0 aromatic carbocycles. The van der Waals surface area contributed by atoms with Crippen LogP contribution in [0.5, 0.6) is 0 Å². The molecule has 0 N–H and O–H groups in total. The fraction of sp³-hybridized carbons (Fsp3) is 0.273. The first-order chi connectivity index (χ1) is 8.19. The fourth-order valence-corrected chi connectivity index (χ4v) is 2.30. The van der Waals surface area contributed by atoms with Crippen LogP contribution < -0.4 is 0 Å². The van der Waals surface area contributed by atoms with Crippen molar-refractivity contribution in [1.82, 2.24) is 9.38 Å². The zero-order chi connectivity index (χ0) is 12.4. The highest BCUT2D eigenvalue weighted by Gasteiger charge is 2.20. The van der Waals surface area contributed by atoms with Crippen LogP contribution in [0.25, 0.3) is 5.65 Å². The smallest absolute Gasteiger partial charge is 0.358 e. The van der Waals surface area contributed by atoms with Crippen molar-refractivity contribution in [1.29, 1.82) is 0 Å². The third-order valence-electron chi connectivity index (χ3n) is 2.23. The van der Waals surface area contributed by atoms with Gasteiger partial charge in [-0.15, -0.1) is 11.8 Å². The number of hydrogen-bond donors (Lipinski definition) is 0. The lowest BCUT2D eigenvalue weighted by molar-refractivity contribution is 0.0513. The fourth-order valence-electron chi connectivity index (χ4n) is 1.54. The summed E-state index contributed by atoms with van der Waals surface area (Å²) in [5.41, 5.74) is 0.999. The summed E-state index contributed by atoms with van der Waals surface area (Å²) >= 11 is 7.43. The molecule has 2 heterocycles. The predicted molar refractivity (Wildman–Crippen MR) is 67.9 cm³/mol. The van der Waals surface area contributed by atoms with E-state index in [1.54, 1.807) is 29.7 Å². The van der Waals surface area contributed by atoms with Gasteiger partial charge in [0.25, 0.3) is 0 Å². The average Bonchev–Trinajstić information content (AvgIpc) is 2.69. The summed E-state index contributed by atoms with van der Waals surface area (Å²) in [5, 5.41) is 1.13. The van der Waals surface area contributed by atoms with Crippen molar-refractivity contribution in [2.75, 3.05) is 12.9 Å². The molecule has 17 heavy (non-hydrogen) atoms. The van der Waals surface area contributed by atoms with Crippen molar-refractivity contribution in [2.24, 2.45) is 0 Å². The summed E-state index contributed by atoms with van der Waals surface area (Å²) < 4.78 is 6.68. The zero-order valence-corrected chi connectivity index (χ0v) is 11.0. The number of carbonyl (C=O) groups is 1. The van der Waals surface area contributed by atoms with Crippen molar-refractivity contribution in [2.45, 2.75) is 11.9 Å². The molecule has 2 aromatic heterocycles. The SMILES string of the molecule is CCOC(=O)c1c(SC)nc2c(Cl)cccn12. The van der Waals surface area contributed by atoms with E-state index in [4.69, 9.17) is 16.3 Å². The van der Waals surface area contributed by atoms with Gasteiger partial charge in [-0.1, -0.05) is 11.6 Å². The third-order valence-corrected chi connectivity index (χ3v) is 3.20. The molecule has 0 bridgehead atoms. The van der Waals surface area contributed by atoms with Crippen molar-refractivity contribution >= 4 is 35.0 Å². The summed E-state index contributed by atoms with van der Waals surface area (Å²) in [5.74, 6) is -0.383. The Bertz CT molecular complexity index is 568. The molecule has 2 aromatic rings. The average molecular weight is 271 g/mol. The number of ether oxygens (including phenoxy) is 1. The van der Waals surface area contributed by atoms with Gasteiger partial charge >= 0.3 is 5.97 Å². The number of halogens is 1. The minimum Gasteiger partial charge on any atom is -0.461 e. The van der Waals surface area contributed by atoms with Gasteiger partial charge in [-0.25, -0.2) is 9.78 Å². The lowest BCUT2D eigenvalue weighted by Crippen LogP contribution is -2.09.